The molecule has 2 saturated heterocycles. The number of anilines is 1. The minimum Gasteiger partial charge on any atom is -0.325 e. The molecule has 0 aliphatic carbocycles. The van der Waals surface area contributed by atoms with Gasteiger partial charge < -0.3 is 14.7 Å². The van der Waals surface area contributed by atoms with E-state index in [-0.39, 0.29) is 12.5 Å². The summed E-state index contributed by atoms with van der Waals surface area (Å²) in [6.07, 6.45) is -0.555. The fraction of sp³-hybridized carbons (Fsp3) is 0.318. The van der Waals surface area contributed by atoms with Crippen LogP contribution in [0.3, 0.4) is 0 Å². The van der Waals surface area contributed by atoms with Crippen LogP contribution in [0.4, 0.5) is 10.5 Å². The molecule has 2 unspecified atom stereocenters. The Morgan fingerprint density at radius 1 is 1.06 bits per heavy atom. The number of aryl methyl sites for hydroxylation is 1. The highest BCUT2D eigenvalue weighted by Gasteiger charge is 2.54. The largest absolute Gasteiger partial charge is 0.328 e. The van der Waals surface area contributed by atoms with Gasteiger partial charge in [-0.15, -0.1) is 0 Å². The Hall–Kier alpha value is -2.77. The molecule has 2 atom stereocenters. The monoisotopic (exact) mass is 457 g/mol. The molecule has 7 nitrogen and oxygen atoms in total. The molecule has 0 radical (unpaired) electrons. The molecular weight excluding hydrogens is 437 g/mol. The SMILES string of the molecule is Cc1cccc(N2CCN3C2=NC2C3C(=O)N(Cc3c(Cl)cccc3Cl)C(=O)N2C)c1. The van der Waals surface area contributed by atoms with Crippen molar-refractivity contribution < 1.29 is 9.59 Å². The van der Waals surface area contributed by atoms with E-state index in [1.807, 2.05) is 30.0 Å². The van der Waals surface area contributed by atoms with Crippen molar-refractivity contribution in [1.82, 2.24) is 14.7 Å². The van der Waals surface area contributed by atoms with Crippen LogP contribution < -0.4 is 4.90 Å². The Labute approximate surface area is 190 Å². The smallest absolute Gasteiger partial charge is 0.325 e. The van der Waals surface area contributed by atoms with Gasteiger partial charge in [-0.2, -0.15) is 0 Å². The normalized spacial score (nSPS) is 22.8. The van der Waals surface area contributed by atoms with Crippen LogP contribution in [0.25, 0.3) is 0 Å². The van der Waals surface area contributed by atoms with Gasteiger partial charge in [-0.3, -0.25) is 9.69 Å². The maximum Gasteiger partial charge on any atom is 0.328 e. The number of nitrogens with zero attached hydrogens (tertiary/aromatic N) is 5. The summed E-state index contributed by atoms with van der Waals surface area (Å²) in [4.78, 5) is 38.2. The molecule has 0 spiro atoms. The summed E-state index contributed by atoms with van der Waals surface area (Å²) >= 11 is 12.6. The van der Waals surface area contributed by atoms with Crippen LogP contribution in [-0.4, -0.2) is 64.9 Å². The molecule has 2 fully saturated rings. The molecule has 3 amide bonds. The zero-order valence-corrected chi connectivity index (χ0v) is 18.6. The molecule has 0 bridgehead atoms. The first-order valence-electron chi connectivity index (χ1n) is 10.1. The van der Waals surface area contributed by atoms with Crippen LogP contribution in [0.1, 0.15) is 11.1 Å². The van der Waals surface area contributed by atoms with E-state index in [1.54, 1.807) is 25.2 Å². The number of fused-ring (bicyclic) bond motifs is 3. The van der Waals surface area contributed by atoms with E-state index < -0.39 is 18.2 Å². The molecule has 9 heteroatoms. The van der Waals surface area contributed by atoms with Crippen molar-refractivity contribution in [3.8, 4) is 0 Å². The van der Waals surface area contributed by atoms with E-state index in [0.29, 0.717) is 22.2 Å². The van der Waals surface area contributed by atoms with Gasteiger partial charge in [0, 0.05) is 41.4 Å². The second kappa shape index (κ2) is 7.43. The molecule has 0 saturated carbocycles. The summed E-state index contributed by atoms with van der Waals surface area (Å²) < 4.78 is 0. The minimum absolute atomic E-state index is 0.0223. The molecule has 160 valence electrons. The van der Waals surface area contributed by atoms with E-state index in [4.69, 9.17) is 28.2 Å². The van der Waals surface area contributed by atoms with E-state index in [9.17, 15) is 9.59 Å². The second-order valence-electron chi connectivity index (χ2n) is 7.99. The summed E-state index contributed by atoms with van der Waals surface area (Å²) in [5, 5.41) is 0.848. The number of guanidine groups is 1. The summed E-state index contributed by atoms with van der Waals surface area (Å²) in [7, 11) is 1.68. The first kappa shape index (κ1) is 20.2. The molecule has 5 rings (SSSR count). The molecule has 2 aromatic carbocycles. The third kappa shape index (κ3) is 3.15. The second-order valence-corrected chi connectivity index (χ2v) is 8.80. The summed E-state index contributed by atoms with van der Waals surface area (Å²) in [6, 6.07) is 12.3. The first-order valence-corrected chi connectivity index (χ1v) is 10.8. The van der Waals surface area contributed by atoms with Gasteiger partial charge in [0.25, 0.3) is 5.91 Å². The van der Waals surface area contributed by atoms with Gasteiger partial charge in [0.15, 0.2) is 12.2 Å². The number of amides is 3. The van der Waals surface area contributed by atoms with Crippen LogP contribution in [0.2, 0.25) is 10.0 Å². The van der Waals surface area contributed by atoms with E-state index in [0.717, 1.165) is 23.8 Å². The summed E-state index contributed by atoms with van der Waals surface area (Å²) in [5.41, 5.74) is 2.74. The summed E-state index contributed by atoms with van der Waals surface area (Å²) in [6.45, 7) is 3.45. The van der Waals surface area contributed by atoms with Crippen molar-refractivity contribution in [3.05, 3.63) is 63.6 Å². The van der Waals surface area contributed by atoms with Crippen LogP contribution in [0, 0.1) is 6.92 Å². The number of carbonyl (C=O) groups excluding carboxylic acids is 2. The van der Waals surface area contributed by atoms with Crippen molar-refractivity contribution in [1.29, 1.82) is 0 Å². The molecule has 3 aliphatic heterocycles. The number of benzene rings is 2. The van der Waals surface area contributed by atoms with Crippen molar-refractivity contribution in [2.75, 3.05) is 25.0 Å². The minimum atomic E-state index is -0.561. The molecule has 2 aromatic rings. The lowest BCUT2D eigenvalue weighted by atomic mass is 10.1. The Morgan fingerprint density at radius 3 is 2.48 bits per heavy atom. The van der Waals surface area contributed by atoms with Gasteiger partial charge in [0.1, 0.15) is 0 Å². The first-order chi connectivity index (χ1) is 14.9. The predicted octanol–water partition coefficient (Wildman–Crippen LogP) is 3.58. The molecular formula is C22H21Cl2N5O2. The Kier molecular flexibility index (Phi) is 4.83. The quantitative estimate of drug-likeness (QED) is 0.706. The number of imide groups is 1. The third-order valence-electron chi connectivity index (χ3n) is 6.07. The van der Waals surface area contributed by atoms with Crippen molar-refractivity contribution in [2.24, 2.45) is 4.99 Å². The number of hydrogen-bond acceptors (Lipinski definition) is 5. The van der Waals surface area contributed by atoms with E-state index >= 15 is 0 Å². The average molecular weight is 458 g/mol. The van der Waals surface area contributed by atoms with Gasteiger partial charge in [0.05, 0.1) is 6.54 Å². The Balaban J connectivity index is 1.46. The number of halogens is 2. The van der Waals surface area contributed by atoms with Crippen LogP contribution in [0.15, 0.2) is 47.5 Å². The molecule has 0 N–H and O–H groups in total. The predicted molar refractivity (Wildman–Crippen MR) is 120 cm³/mol. The Bertz CT molecular complexity index is 1100. The highest BCUT2D eigenvalue weighted by molar-refractivity contribution is 6.36. The van der Waals surface area contributed by atoms with Gasteiger partial charge in [-0.25, -0.2) is 9.79 Å². The number of likely N-dealkylation sites (N-methyl/N-ethyl adjacent to an activating group) is 1. The number of carbonyl (C=O) groups is 2. The topological polar surface area (TPSA) is 59.5 Å². The lowest BCUT2D eigenvalue weighted by Gasteiger charge is -2.40. The fourth-order valence-corrected chi connectivity index (χ4v) is 4.98. The molecule has 3 aliphatic rings. The summed E-state index contributed by atoms with van der Waals surface area (Å²) in [5.74, 6) is 0.445. The van der Waals surface area contributed by atoms with Gasteiger partial charge >= 0.3 is 6.03 Å². The van der Waals surface area contributed by atoms with Gasteiger partial charge in [-0.1, -0.05) is 41.4 Å². The standard InChI is InChI=1S/C22H21Cl2N5O2/c1-13-5-3-6-14(11-13)27-9-10-28-18-19(25-21(27)28)26(2)22(31)29(20(18)30)12-15-16(23)7-4-8-17(15)24/h3-8,11,18-19H,9-10,12H2,1-2H3. The van der Waals surface area contributed by atoms with Gasteiger partial charge in [-0.05, 0) is 36.8 Å². The molecule has 3 heterocycles. The van der Waals surface area contributed by atoms with Crippen molar-refractivity contribution in [3.63, 3.8) is 0 Å². The van der Waals surface area contributed by atoms with Crippen LogP contribution in [0.5, 0.6) is 0 Å². The lowest BCUT2D eigenvalue weighted by Crippen LogP contribution is -2.64. The van der Waals surface area contributed by atoms with Crippen molar-refractivity contribution >= 4 is 46.8 Å². The van der Waals surface area contributed by atoms with E-state index in [2.05, 4.69) is 11.0 Å². The van der Waals surface area contributed by atoms with Gasteiger partial charge in [0.2, 0.25) is 5.96 Å². The number of aliphatic imine (C=N–C) groups is 1. The maximum absolute atomic E-state index is 13.5. The molecule has 0 aromatic heterocycles. The highest BCUT2D eigenvalue weighted by atomic mass is 35.5. The fourth-order valence-electron chi connectivity index (χ4n) is 4.46. The van der Waals surface area contributed by atoms with Crippen LogP contribution in [-0.2, 0) is 11.3 Å². The molecule has 31 heavy (non-hydrogen) atoms. The zero-order chi connectivity index (χ0) is 21.9. The van der Waals surface area contributed by atoms with E-state index in [1.165, 1.54) is 9.80 Å². The lowest BCUT2D eigenvalue weighted by molar-refractivity contribution is -0.137. The van der Waals surface area contributed by atoms with Crippen LogP contribution >= 0.6 is 23.2 Å². The Morgan fingerprint density at radius 2 is 1.77 bits per heavy atom. The number of rotatable bonds is 3. The van der Waals surface area contributed by atoms with Crippen molar-refractivity contribution in [2.45, 2.75) is 25.7 Å². The third-order valence-corrected chi connectivity index (χ3v) is 6.78. The number of hydrogen-bond donors (Lipinski definition) is 0. The highest BCUT2D eigenvalue weighted by Crippen LogP contribution is 2.35. The maximum atomic E-state index is 13.5. The number of urea groups is 1. The zero-order valence-electron chi connectivity index (χ0n) is 17.1. The average Bonchev–Trinajstić information content (AvgIpc) is 3.31.